The molecule has 3 aromatic rings. The highest BCUT2D eigenvalue weighted by atomic mass is 32.2. The van der Waals surface area contributed by atoms with Crippen LogP contribution in [0.4, 0.5) is 5.69 Å². The van der Waals surface area contributed by atoms with Crippen LogP contribution in [-0.2, 0) is 26.2 Å². The van der Waals surface area contributed by atoms with E-state index in [0.717, 1.165) is 33.0 Å². The minimum absolute atomic E-state index is 0.0986. The van der Waals surface area contributed by atoms with Crippen LogP contribution in [0.2, 0.25) is 0 Å². The van der Waals surface area contributed by atoms with E-state index in [0.29, 0.717) is 18.7 Å². The summed E-state index contributed by atoms with van der Waals surface area (Å²) in [5.74, 6) is -0.700. The second kappa shape index (κ2) is 13.4. The van der Waals surface area contributed by atoms with Crippen LogP contribution in [0, 0.1) is 20.8 Å². The number of nitrogens with one attached hydrogen (secondary N) is 1. The van der Waals surface area contributed by atoms with Gasteiger partial charge in [-0.25, -0.2) is 8.42 Å². The van der Waals surface area contributed by atoms with Gasteiger partial charge >= 0.3 is 0 Å². The Kier molecular flexibility index (Phi) is 10.3. The van der Waals surface area contributed by atoms with Gasteiger partial charge in [-0.15, -0.1) is 0 Å². The predicted molar refractivity (Wildman–Crippen MR) is 156 cm³/mol. The van der Waals surface area contributed by atoms with Gasteiger partial charge in [-0.05, 0) is 74.6 Å². The SMILES string of the molecule is CCCNC(=O)[C@@H](CC)N(Cc1ccccc1)C(=O)CN(c1ccc(C)c(C)c1)S(=O)(=O)c1ccc(C)cc1. The lowest BCUT2D eigenvalue weighted by Gasteiger charge is -2.33. The fourth-order valence-corrected chi connectivity index (χ4v) is 5.72. The highest BCUT2D eigenvalue weighted by Crippen LogP contribution is 2.27. The number of amides is 2. The van der Waals surface area contributed by atoms with Gasteiger partial charge in [0.25, 0.3) is 10.0 Å². The second-order valence-corrected chi connectivity index (χ2v) is 11.7. The molecule has 0 fully saturated rings. The molecule has 7 nitrogen and oxygen atoms in total. The average Bonchev–Trinajstić information content (AvgIpc) is 2.92. The first-order valence-corrected chi connectivity index (χ1v) is 14.8. The summed E-state index contributed by atoms with van der Waals surface area (Å²) in [5, 5.41) is 2.90. The average molecular weight is 550 g/mol. The third-order valence-corrected chi connectivity index (χ3v) is 8.59. The summed E-state index contributed by atoms with van der Waals surface area (Å²) in [6.07, 6.45) is 1.16. The molecule has 0 aliphatic rings. The van der Waals surface area contributed by atoms with E-state index < -0.39 is 28.5 Å². The summed E-state index contributed by atoms with van der Waals surface area (Å²) in [4.78, 5) is 28.8. The van der Waals surface area contributed by atoms with Gasteiger partial charge in [-0.1, -0.05) is 67.9 Å². The van der Waals surface area contributed by atoms with Crippen molar-refractivity contribution >= 4 is 27.5 Å². The van der Waals surface area contributed by atoms with Gasteiger partial charge in [-0.2, -0.15) is 0 Å². The fraction of sp³-hybridized carbons (Fsp3) is 0.355. The van der Waals surface area contributed by atoms with Crippen LogP contribution in [0.5, 0.6) is 0 Å². The van der Waals surface area contributed by atoms with Gasteiger partial charge < -0.3 is 10.2 Å². The number of sulfonamides is 1. The molecule has 0 aromatic heterocycles. The maximum absolute atomic E-state index is 14.0. The second-order valence-electron chi connectivity index (χ2n) is 9.82. The Morgan fingerprint density at radius 1 is 0.872 bits per heavy atom. The Balaban J connectivity index is 2.06. The van der Waals surface area contributed by atoms with Crippen molar-refractivity contribution in [1.82, 2.24) is 10.2 Å². The molecule has 2 amide bonds. The maximum Gasteiger partial charge on any atom is 0.264 e. The molecule has 3 aromatic carbocycles. The Morgan fingerprint density at radius 3 is 2.13 bits per heavy atom. The highest BCUT2D eigenvalue weighted by molar-refractivity contribution is 7.92. The number of aryl methyl sites for hydroxylation is 3. The lowest BCUT2D eigenvalue weighted by molar-refractivity contribution is -0.140. The largest absolute Gasteiger partial charge is 0.354 e. The van der Waals surface area contributed by atoms with Gasteiger partial charge in [-0.3, -0.25) is 13.9 Å². The van der Waals surface area contributed by atoms with E-state index >= 15 is 0 Å². The van der Waals surface area contributed by atoms with Crippen LogP contribution in [0.3, 0.4) is 0 Å². The van der Waals surface area contributed by atoms with E-state index in [1.54, 1.807) is 36.4 Å². The zero-order valence-electron chi connectivity index (χ0n) is 23.5. The summed E-state index contributed by atoms with van der Waals surface area (Å²) in [7, 11) is -4.08. The first kappa shape index (κ1) is 29.9. The van der Waals surface area contributed by atoms with Crippen molar-refractivity contribution in [2.75, 3.05) is 17.4 Å². The van der Waals surface area contributed by atoms with E-state index in [4.69, 9.17) is 0 Å². The van der Waals surface area contributed by atoms with E-state index in [-0.39, 0.29) is 17.3 Å². The quantitative estimate of drug-likeness (QED) is 0.339. The Morgan fingerprint density at radius 2 is 1.54 bits per heavy atom. The molecule has 0 aliphatic heterocycles. The summed E-state index contributed by atoms with van der Waals surface area (Å²) >= 11 is 0. The number of carbonyl (C=O) groups is 2. The molecule has 208 valence electrons. The minimum atomic E-state index is -4.08. The van der Waals surface area contributed by atoms with Crippen molar-refractivity contribution in [3.05, 3.63) is 95.1 Å². The Labute approximate surface area is 232 Å². The van der Waals surface area contributed by atoms with Gasteiger partial charge in [0.05, 0.1) is 10.6 Å². The number of hydrogen-bond acceptors (Lipinski definition) is 4. The molecule has 0 aliphatic carbocycles. The lowest BCUT2D eigenvalue weighted by Crippen LogP contribution is -2.52. The fourth-order valence-electron chi connectivity index (χ4n) is 4.31. The van der Waals surface area contributed by atoms with Crippen LogP contribution in [0.15, 0.2) is 77.7 Å². The van der Waals surface area contributed by atoms with Crippen molar-refractivity contribution in [3.8, 4) is 0 Å². The summed E-state index contributed by atoms with van der Waals surface area (Å²) < 4.78 is 29.0. The third kappa shape index (κ3) is 7.47. The van der Waals surface area contributed by atoms with E-state index in [1.165, 1.54) is 4.90 Å². The molecule has 0 unspecified atom stereocenters. The molecular formula is C31H39N3O4S. The summed E-state index contributed by atoms with van der Waals surface area (Å²) in [5.41, 5.74) is 4.11. The molecule has 1 N–H and O–H groups in total. The van der Waals surface area contributed by atoms with Gasteiger partial charge in [0.2, 0.25) is 11.8 Å². The number of rotatable bonds is 12. The zero-order chi connectivity index (χ0) is 28.6. The van der Waals surface area contributed by atoms with Crippen LogP contribution < -0.4 is 9.62 Å². The monoisotopic (exact) mass is 549 g/mol. The van der Waals surface area contributed by atoms with Crippen molar-refractivity contribution in [2.24, 2.45) is 0 Å². The van der Waals surface area contributed by atoms with Crippen molar-refractivity contribution in [2.45, 2.75) is 64.9 Å². The van der Waals surface area contributed by atoms with E-state index in [1.807, 2.05) is 71.0 Å². The Hall–Kier alpha value is -3.65. The lowest BCUT2D eigenvalue weighted by atomic mass is 10.1. The maximum atomic E-state index is 14.0. The van der Waals surface area contributed by atoms with Gasteiger partial charge in [0, 0.05) is 13.1 Å². The zero-order valence-corrected chi connectivity index (χ0v) is 24.3. The molecule has 39 heavy (non-hydrogen) atoms. The van der Waals surface area contributed by atoms with Crippen molar-refractivity contribution in [3.63, 3.8) is 0 Å². The first-order chi connectivity index (χ1) is 18.6. The summed E-state index contributed by atoms with van der Waals surface area (Å²) in [6, 6.07) is 20.6. The van der Waals surface area contributed by atoms with Gasteiger partial charge in [0.1, 0.15) is 12.6 Å². The number of nitrogens with zero attached hydrogens (tertiary/aromatic N) is 2. The van der Waals surface area contributed by atoms with Crippen molar-refractivity contribution in [1.29, 1.82) is 0 Å². The van der Waals surface area contributed by atoms with Crippen LogP contribution in [-0.4, -0.2) is 44.3 Å². The topological polar surface area (TPSA) is 86.8 Å². The minimum Gasteiger partial charge on any atom is -0.354 e. The van der Waals surface area contributed by atoms with Crippen LogP contribution in [0.1, 0.15) is 48.9 Å². The molecule has 0 radical (unpaired) electrons. The van der Waals surface area contributed by atoms with Crippen LogP contribution in [0.25, 0.3) is 0 Å². The van der Waals surface area contributed by atoms with E-state index in [2.05, 4.69) is 5.32 Å². The molecule has 0 heterocycles. The van der Waals surface area contributed by atoms with Crippen LogP contribution >= 0.6 is 0 Å². The number of hydrogen-bond donors (Lipinski definition) is 1. The molecule has 1 atom stereocenters. The third-order valence-electron chi connectivity index (χ3n) is 6.80. The van der Waals surface area contributed by atoms with Gasteiger partial charge in [0.15, 0.2) is 0 Å². The molecule has 8 heteroatoms. The highest BCUT2D eigenvalue weighted by Gasteiger charge is 2.33. The standard InChI is InChI=1S/C31H39N3O4S/c1-6-19-32-31(36)29(7-2)33(21-26-11-9-8-10-12-26)30(35)22-34(27-16-15-24(4)25(5)20-27)39(37,38)28-17-13-23(3)14-18-28/h8-18,20,29H,6-7,19,21-22H2,1-5H3,(H,32,36)/t29-/m1/s1. The smallest absolute Gasteiger partial charge is 0.264 e. The molecular weight excluding hydrogens is 510 g/mol. The van der Waals surface area contributed by atoms with Crippen molar-refractivity contribution < 1.29 is 18.0 Å². The molecule has 0 bridgehead atoms. The predicted octanol–water partition coefficient (Wildman–Crippen LogP) is 5.14. The number of benzene rings is 3. The Bertz CT molecular complexity index is 1370. The molecule has 0 saturated heterocycles. The number of anilines is 1. The first-order valence-electron chi connectivity index (χ1n) is 13.4. The molecule has 0 saturated carbocycles. The normalized spacial score (nSPS) is 12.0. The molecule has 0 spiro atoms. The molecule has 3 rings (SSSR count). The van der Waals surface area contributed by atoms with E-state index in [9.17, 15) is 18.0 Å². The number of carbonyl (C=O) groups excluding carboxylic acids is 2. The summed E-state index contributed by atoms with van der Waals surface area (Å²) in [6.45, 7) is 9.80.